The predicted molar refractivity (Wildman–Crippen MR) is 177 cm³/mol. The Morgan fingerprint density at radius 1 is 1.04 bits per heavy atom. The number of benzene rings is 2. The number of aromatic amines is 1. The molecule has 2 aromatic heterocycles. The molecule has 1 saturated heterocycles. The van der Waals surface area contributed by atoms with Crippen LogP contribution in [0.4, 0.5) is 5.82 Å². The summed E-state index contributed by atoms with van der Waals surface area (Å²) < 4.78 is 18.0. The van der Waals surface area contributed by atoms with E-state index >= 15 is 0 Å². The summed E-state index contributed by atoms with van der Waals surface area (Å²) in [5.74, 6) is 0.714. The van der Waals surface area contributed by atoms with Crippen molar-refractivity contribution in [3.05, 3.63) is 75.7 Å². The molecule has 2 aromatic carbocycles. The number of nitrogens with zero attached hydrogens (tertiary/aromatic N) is 5. The van der Waals surface area contributed by atoms with Crippen LogP contribution < -0.4 is 20.9 Å². The van der Waals surface area contributed by atoms with Crippen LogP contribution in [0.25, 0.3) is 11.2 Å². The van der Waals surface area contributed by atoms with Gasteiger partial charge in [-0.3, -0.25) is 19.2 Å². The average Bonchev–Trinajstić information content (AvgIpc) is 3.37. The number of rotatable bonds is 15. The monoisotopic (exact) mass is 631 g/mol. The van der Waals surface area contributed by atoms with Gasteiger partial charge in [0, 0.05) is 19.1 Å². The highest BCUT2D eigenvalue weighted by atomic mass is 16.5. The van der Waals surface area contributed by atoms with Gasteiger partial charge in [-0.05, 0) is 68.2 Å². The molecule has 0 saturated carbocycles. The number of piperidine rings is 1. The molecule has 3 N–H and O–H groups in total. The summed E-state index contributed by atoms with van der Waals surface area (Å²) in [5.41, 5.74) is 9.78. The summed E-state index contributed by atoms with van der Waals surface area (Å²) in [6.45, 7) is 7.32. The van der Waals surface area contributed by atoms with Crippen LogP contribution in [0.15, 0.2) is 53.3 Å². The minimum Gasteiger partial charge on any atom is -0.492 e. The number of aromatic nitrogens is 4. The summed E-state index contributed by atoms with van der Waals surface area (Å²) in [6.07, 6.45) is 4.32. The van der Waals surface area contributed by atoms with Crippen LogP contribution in [0.3, 0.4) is 0 Å². The first-order valence-electron chi connectivity index (χ1n) is 16.0. The zero-order chi connectivity index (χ0) is 32.5. The highest BCUT2D eigenvalue weighted by molar-refractivity contribution is 5.82. The molecule has 0 unspecified atom stereocenters. The van der Waals surface area contributed by atoms with Crippen LogP contribution in [0.1, 0.15) is 49.3 Å². The molecular weight excluding hydrogens is 586 g/mol. The van der Waals surface area contributed by atoms with Gasteiger partial charge in [0.1, 0.15) is 17.9 Å². The molecule has 12 heteroatoms. The van der Waals surface area contributed by atoms with E-state index in [1.165, 1.54) is 12.7 Å². The van der Waals surface area contributed by atoms with Gasteiger partial charge in [-0.2, -0.15) is 9.97 Å². The maximum Gasteiger partial charge on any atom is 0.328 e. The summed E-state index contributed by atoms with van der Waals surface area (Å²) in [6, 6.07) is 16.7. The molecule has 0 spiro atoms. The molecule has 5 rings (SSSR count). The number of anilines is 1. The number of H-pyrrole nitrogens is 1. The maximum absolute atomic E-state index is 12.8. The number of methoxy groups -OCH3 is 1. The third-order valence-electron chi connectivity index (χ3n) is 8.49. The Labute approximate surface area is 269 Å². The largest absolute Gasteiger partial charge is 0.492 e. The van der Waals surface area contributed by atoms with Gasteiger partial charge < -0.3 is 24.9 Å². The quantitative estimate of drug-likeness (QED) is 0.148. The van der Waals surface area contributed by atoms with Gasteiger partial charge in [0.25, 0.3) is 0 Å². The van der Waals surface area contributed by atoms with E-state index in [-0.39, 0.29) is 29.9 Å². The van der Waals surface area contributed by atoms with Crippen molar-refractivity contribution < 1.29 is 19.0 Å². The van der Waals surface area contributed by atoms with Crippen molar-refractivity contribution in [3.8, 4) is 11.8 Å². The minimum atomic E-state index is -0.284. The first-order chi connectivity index (χ1) is 22.3. The number of imidazole rings is 1. The number of fused-ring (bicyclic) bond motifs is 1. The zero-order valence-corrected chi connectivity index (χ0v) is 27.0. The predicted octanol–water partition coefficient (Wildman–Crippen LogP) is 3.62. The molecule has 0 atom stereocenters. The molecule has 4 aromatic rings. The lowest BCUT2D eigenvalue weighted by Gasteiger charge is -2.36. The van der Waals surface area contributed by atoms with E-state index in [9.17, 15) is 9.59 Å². The second-order valence-corrected chi connectivity index (χ2v) is 11.9. The Hall–Kier alpha value is -4.42. The Morgan fingerprint density at radius 3 is 2.54 bits per heavy atom. The van der Waals surface area contributed by atoms with Crippen molar-refractivity contribution in [2.45, 2.75) is 58.2 Å². The molecule has 1 aliphatic heterocycles. The second kappa shape index (κ2) is 15.7. The Kier molecular flexibility index (Phi) is 11.3. The van der Waals surface area contributed by atoms with Crippen molar-refractivity contribution in [2.24, 2.45) is 0 Å². The molecule has 3 heterocycles. The van der Waals surface area contributed by atoms with Crippen molar-refractivity contribution in [1.29, 1.82) is 0 Å². The number of ether oxygens (including phenoxy) is 3. The summed E-state index contributed by atoms with van der Waals surface area (Å²) in [7, 11) is 3.59. The number of unbranched alkanes of at least 4 members (excludes halogenated alkanes) is 1. The third-order valence-corrected chi connectivity index (χ3v) is 8.49. The van der Waals surface area contributed by atoms with Crippen LogP contribution in [0.2, 0.25) is 0 Å². The highest BCUT2D eigenvalue weighted by Crippen LogP contribution is 2.21. The smallest absolute Gasteiger partial charge is 0.328 e. The summed E-state index contributed by atoms with van der Waals surface area (Å²) >= 11 is 0. The SMILES string of the molecule is CCCCOc1nc(N)c2[nH]c(=O)n(Cc3ccc(CN(C)C4CCN(CCOc5cccc(CC(=O)OC)c5)CC4)cc3)c2n1. The number of nitrogens with two attached hydrogens (primary N) is 1. The first-order valence-corrected chi connectivity index (χ1v) is 16.0. The molecule has 12 nitrogen and oxygen atoms in total. The van der Waals surface area contributed by atoms with E-state index in [4.69, 9.17) is 19.9 Å². The molecule has 1 aliphatic rings. The summed E-state index contributed by atoms with van der Waals surface area (Å²) in [5, 5.41) is 0. The third kappa shape index (κ3) is 8.64. The first kappa shape index (κ1) is 33.0. The fraction of sp³-hybridized carbons (Fsp3) is 0.471. The van der Waals surface area contributed by atoms with Gasteiger partial charge >= 0.3 is 17.7 Å². The number of nitrogen functional groups attached to an aromatic ring is 1. The minimum absolute atomic E-state index is 0.183. The van der Waals surface area contributed by atoms with E-state index < -0.39 is 0 Å². The maximum atomic E-state index is 12.8. The number of esters is 1. The van der Waals surface area contributed by atoms with E-state index in [0.717, 1.165) is 68.7 Å². The Bertz CT molecular complexity index is 1640. The van der Waals surface area contributed by atoms with E-state index in [2.05, 4.69) is 63.0 Å². The second-order valence-electron chi connectivity index (χ2n) is 11.9. The van der Waals surface area contributed by atoms with Crippen LogP contribution in [0.5, 0.6) is 11.8 Å². The lowest BCUT2D eigenvalue weighted by molar-refractivity contribution is -0.139. The standard InChI is InChI=1S/C34H45N7O5/c1-4-5-18-46-33-37-31(35)30-32(38-33)41(34(43)36-30)23-25-11-9-24(10-12-25)22-39(2)27-13-15-40(16-14-27)17-19-45-28-8-6-7-26(20-28)21-29(42)44-3/h6-12,20,27H,4-5,13-19,21-23H2,1-3H3,(H,36,43)(H2,35,37,38). The summed E-state index contributed by atoms with van der Waals surface area (Å²) in [4.78, 5) is 40.6. The van der Waals surface area contributed by atoms with Crippen LogP contribution >= 0.6 is 0 Å². The molecule has 0 aliphatic carbocycles. The van der Waals surface area contributed by atoms with Crippen LogP contribution in [0, 0.1) is 0 Å². The number of hydrogen-bond donors (Lipinski definition) is 2. The lowest BCUT2D eigenvalue weighted by atomic mass is 10.0. The molecule has 0 bridgehead atoms. The van der Waals surface area contributed by atoms with Gasteiger partial charge in [0.2, 0.25) is 0 Å². The fourth-order valence-electron chi connectivity index (χ4n) is 5.76. The van der Waals surface area contributed by atoms with Gasteiger partial charge in [-0.15, -0.1) is 0 Å². The van der Waals surface area contributed by atoms with Crippen molar-refractivity contribution in [3.63, 3.8) is 0 Å². The number of nitrogens with one attached hydrogen (secondary N) is 1. The normalized spacial score (nSPS) is 14.2. The number of hydrogen-bond acceptors (Lipinski definition) is 10. The number of carbonyl (C=O) groups excluding carboxylic acids is 1. The lowest BCUT2D eigenvalue weighted by Crippen LogP contribution is -2.44. The van der Waals surface area contributed by atoms with E-state index in [0.29, 0.717) is 37.0 Å². The van der Waals surface area contributed by atoms with Crippen molar-refractivity contribution in [1.82, 2.24) is 29.3 Å². The molecule has 1 fully saturated rings. The van der Waals surface area contributed by atoms with Gasteiger partial charge in [-0.25, -0.2) is 4.79 Å². The molecule has 46 heavy (non-hydrogen) atoms. The Balaban J connectivity index is 1.08. The van der Waals surface area contributed by atoms with E-state index in [1.54, 1.807) is 4.57 Å². The molecule has 246 valence electrons. The number of likely N-dealkylation sites (tertiary alicyclic amines) is 1. The topological polar surface area (TPSA) is 141 Å². The fourth-order valence-corrected chi connectivity index (χ4v) is 5.76. The van der Waals surface area contributed by atoms with Gasteiger partial charge in [0.05, 0.1) is 26.7 Å². The zero-order valence-electron chi connectivity index (χ0n) is 27.0. The van der Waals surface area contributed by atoms with Crippen molar-refractivity contribution in [2.75, 3.05) is 52.7 Å². The van der Waals surface area contributed by atoms with Crippen LogP contribution in [-0.2, 0) is 29.0 Å². The van der Waals surface area contributed by atoms with E-state index in [1.807, 2.05) is 24.3 Å². The Morgan fingerprint density at radius 2 is 1.80 bits per heavy atom. The highest BCUT2D eigenvalue weighted by Gasteiger charge is 2.22. The average molecular weight is 632 g/mol. The molecule has 0 amide bonds. The van der Waals surface area contributed by atoms with Gasteiger partial charge in [-0.1, -0.05) is 49.7 Å². The van der Waals surface area contributed by atoms with Crippen molar-refractivity contribution >= 4 is 23.0 Å². The van der Waals surface area contributed by atoms with Crippen LogP contribution in [-0.4, -0.2) is 88.3 Å². The number of carbonyl (C=O) groups is 1. The van der Waals surface area contributed by atoms with Gasteiger partial charge in [0.15, 0.2) is 11.5 Å². The molecule has 0 radical (unpaired) electrons. The molecular formula is C34H45N7O5.